The van der Waals surface area contributed by atoms with Gasteiger partial charge in [-0.05, 0) is 14.0 Å². The number of nitrogens with one attached hydrogen (secondary N) is 1. The Labute approximate surface area is 118 Å². The van der Waals surface area contributed by atoms with Crippen LogP contribution in [0.1, 0.15) is 42.7 Å². The van der Waals surface area contributed by atoms with Gasteiger partial charge < -0.3 is 5.32 Å². The summed E-state index contributed by atoms with van der Waals surface area (Å²) < 4.78 is 1.98. The van der Waals surface area contributed by atoms with Gasteiger partial charge in [-0.2, -0.15) is 5.10 Å². The van der Waals surface area contributed by atoms with Gasteiger partial charge in [0.25, 0.3) is 0 Å². The summed E-state index contributed by atoms with van der Waals surface area (Å²) in [6, 6.07) is 0. The molecule has 0 bridgehead atoms. The number of nitrogens with zero attached hydrogens (tertiary/aromatic N) is 3. The number of aryl methyl sites for hydroxylation is 1. The summed E-state index contributed by atoms with van der Waals surface area (Å²) in [5, 5.41) is 11.0. The van der Waals surface area contributed by atoms with Crippen molar-refractivity contribution in [1.29, 1.82) is 0 Å². The summed E-state index contributed by atoms with van der Waals surface area (Å²) in [5.41, 5.74) is 3.61. The molecular weight excluding hydrogens is 256 g/mol. The quantitative estimate of drug-likeness (QED) is 0.935. The first-order valence-corrected chi connectivity index (χ1v) is 7.40. The zero-order valence-corrected chi connectivity index (χ0v) is 13.1. The highest BCUT2D eigenvalue weighted by Crippen LogP contribution is 2.24. The monoisotopic (exact) mass is 278 g/mol. The first-order valence-electron chi connectivity index (χ1n) is 6.52. The van der Waals surface area contributed by atoms with Gasteiger partial charge in [0.15, 0.2) is 0 Å². The number of rotatable bonds is 4. The molecule has 4 nitrogen and oxygen atoms in total. The molecule has 0 aliphatic rings. The number of aromatic nitrogens is 3. The zero-order chi connectivity index (χ0) is 14.0. The van der Waals surface area contributed by atoms with Crippen LogP contribution in [0.3, 0.4) is 0 Å². The third-order valence-electron chi connectivity index (χ3n) is 3.03. The van der Waals surface area contributed by atoms with Crippen LogP contribution in [-0.4, -0.2) is 21.8 Å². The van der Waals surface area contributed by atoms with E-state index in [1.54, 1.807) is 11.3 Å². The second kappa shape index (κ2) is 5.43. The normalized spacial score (nSPS) is 12.1. The van der Waals surface area contributed by atoms with E-state index < -0.39 is 0 Å². The molecule has 0 saturated heterocycles. The Morgan fingerprint density at radius 1 is 1.37 bits per heavy atom. The molecular formula is C14H22N4S. The molecule has 0 aliphatic heterocycles. The van der Waals surface area contributed by atoms with E-state index in [-0.39, 0.29) is 5.41 Å². The van der Waals surface area contributed by atoms with Gasteiger partial charge >= 0.3 is 0 Å². The van der Waals surface area contributed by atoms with Crippen molar-refractivity contribution in [2.75, 3.05) is 7.05 Å². The van der Waals surface area contributed by atoms with Crippen LogP contribution in [0.15, 0.2) is 11.6 Å². The van der Waals surface area contributed by atoms with Crippen molar-refractivity contribution in [3.05, 3.63) is 33.5 Å². The Hall–Kier alpha value is -1.20. The van der Waals surface area contributed by atoms with Crippen LogP contribution in [-0.2, 0) is 18.5 Å². The maximum atomic E-state index is 4.70. The molecule has 104 valence electrons. The number of hydrogen-bond acceptors (Lipinski definition) is 4. The van der Waals surface area contributed by atoms with Crippen LogP contribution in [0.25, 0.3) is 0 Å². The molecule has 5 heteroatoms. The predicted molar refractivity (Wildman–Crippen MR) is 79.6 cm³/mol. The van der Waals surface area contributed by atoms with Gasteiger partial charge in [-0.25, -0.2) is 4.98 Å². The minimum Gasteiger partial charge on any atom is -0.316 e. The Morgan fingerprint density at radius 3 is 2.68 bits per heavy atom. The van der Waals surface area contributed by atoms with E-state index >= 15 is 0 Å². The van der Waals surface area contributed by atoms with Gasteiger partial charge in [0.1, 0.15) is 5.01 Å². The maximum Gasteiger partial charge on any atom is 0.114 e. The minimum atomic E-state index is 0.117. The van der Waals surface area contributed by atoms with Gasteiger partial charge in [0.2, 0.25) is 0 Å². The van der Waals surface area contributed by atoms with E-state index in [0.717, 1.165) is 29.5 Å². The van der Waals surface area contributed by atoms with Gasteiger partial charge in [0.05, 0.1) is 17.9 Å². The molecule has 0 amide bonds. The second-order valence-electron chi connectivity index (χ2n) is 5.84. The maximum absolute atomic E-state index is 4.70. The smallest absolute Gasteiger partial charge is 0.114 e. The highest BCUT2D eigenvalue weighted by Gasteiger charge is 2.17. The fraction of sp³-hybridized carbons (Fsp3) is 0.571. The number of thiazole rings is 1. The molecule has 0 radical (unpaired) electrons. The fourth-order valence-electron chi connectivity index (χ4n) is 1.87. The van der Waals surface area contributed by atoms with E-state index in [1.807, 2.05) is 18.7 Å². The van der Waals surface area contributed by atoms with E-state index in [2.05, 4.69) is 42.8 Å². The lowest BCUT2D eigenvalue weighted by Crippen LogP contribution is -2.12. The van der Waals surface area contributed by atoms with Crippen LogP contribution < -0.4 is 5.32 Å². The molecule has 2 heterocycles. The van der Waals surface area contributed by atoms with E-state index in [0.29, 0.717) is 0 Å². The summed E-state index contributed by atoms with van der Waals surface area (Å²) in [6.45, 7) is 10.2. The van der Waals surface area contributed by atoms with Crippen molar-refractivity contribution in [2.45, 2.75) is 46.2 Å². The lowest BCUT2D eigenvalue weighted by Gasteiger charge is -2.14. The van der Waals surface area contributed by atoms with Gasteiger partial charge in [-0.1, -0.05) is 20.8 Å². The molecule has 2 aromatic heterocycles. The van der Waals surface area contributed by atoms with Crippen molar-refractivity contribution < 1.29 is 0 Å². The Kier molecular flexibility index (Phi) is 4.06. The SMILES string of the molecule is CNCc1cn(Cc2nc(C(C)(C)C)cs2)nc1C. The first-order chi connectivity index (χ1) is 8.90. The van der Waals surface area contributed by atoms with Crippen molar-refractivity contribution >= 4 is 11.3 Å². The summed E-state index contributed by atoms with van der Waals surface area (Å²) in [6.07, 6.45) is 2.10. The largest absolute Gasteiger partial charge is 0.316 e. The molecule has 0 aromatic carbocycles. The number of hydrogen-bond donors (Lipinski definition) is 1. The minimum absolute atomic E-state index is 0.117. The summed E-state index contributed by atoms with van der Waals surface area (Å²) in [5.74, 6) is 0. The third-order valence-corrected chi connectivity index (χ3v) is 3.87. The summed E-state index contributed by atoms with van der Waals surface area (Å²) >= 11 is 1.71. The van der Waals surface area contributed by atoms with Crippen molar-refractivity contribution in [3.8, 4) is 0 Å². The molecule has 0 aliphatic carbocycles. The average molecular weight is 278 g/mol. The lowest BCUT2D eigenvalue weighted by molar-refractivity contribution is 0.567. The molecule has 19 heavy (non-hydrogen) atoms. The fourth-order valence-corrected chi connectivity index (χ4v) is 2.88. The Bertz CT molecular complexity index is 548. The molecule has 2 rings (SSSR count). The van der Waals surface area contributed by atoms with Crippen LogP contribution in [0.5, 0.6) is 0 Å². The van der Waals surface area contributed by atoms with Gasteiger partial charge in [-0.15, -0.1) is 11.3 Å². The van der Waals surface area contributed by atoms with Crippen molar-refractivity contribution in [3.63, 3.8) is 0 Å². The molecule has 1 N–H and O–H groups in total. The lowest BCUT2D eigenvalue weighted by atomic mass is 9.93. The highest BCUT2D eigenvalue weighted by molar-refractivity contribution is 7.09. The average Bonchev–Trinajstić information content (AvgIpc) is 2.87. The second-order valence-corrected chi connectivity index (χ2v) is 6.79. The topological polar surface area (TPSA) is 42.7 Å². The molecule has 0 fully saturated rings. The van der Waals surface area contributed by atoms with Crippen LogP contribution in [0.2, 0.25) is 0 Å². The first kappa shape index (κ1) is 14.2. The van der Waals surface area contributed by atoms with E-state index in [9.17, 15) is 0 Å². The van der Waals surface area contributed by atoms with Crippen molar-refractivity contribution in [1.82, 2.24) is 20.1 Å². The summed E-state index contributed by atoms with van der Waals surface area (Å²) in [4.78, 5) is 4.70. The molecule has 0 spiro atoms. The third kappa shape index (κ3) is 3.42. The predicted octanol–water partition coefficient (Wildman–Crippen LogP) is 2.71. The molecule has 0 saturated carbocycles. The zero-order valence-electron chi connectivity index (χ0n) is 12.3. The van der Waals surface area contributed by atoms with Crippen molar-refractivity contribution in [2.24, 2.45) is 0 Å². The Balaban J connectivity index is 2.13. The highest BCUT2D eigenvalue weighted by atomic mass is 32.1. The molecule has 0 atom stereocenters. The standard InChI is InChI=1S/C14H22N4S/c1-10-11(6-15-5)7-18(17-10)8-13-16-12(9-19-13)14(2,3)4/h7,9,15H,6,8H2,1-5H3. The molecule has 2 aromatic rings. The van der Waals surface area contributed by atoms with Crippen LogP contribution in [0, 0.1) is 6.92 Å². The van der Waals surface area contributed by atoms with Gasteiger partial charge in [0, 0.05) is 29.1 Å². The van der Waals surface area contributed by atoms with Crippen LogP contribution in [0.4, 0.5) is 0 Å². The van der Waals surface area contributed by atoms with Gasteiger partial charge in [-0.3, -0.25) is 4.68 Å². The van der Waals surface area contributed by atoms with Crippen LogP contribution >= 0.6 is 11.3 Å². The van der Waals surface area contributed by atoms with E-state index in [1.165, 1.54) is 5.56 Å². The molecule has 0 unspecified atom stereocenters. The summed E-state index contributed by atoms with van der Waals surface area (Å²) in [7, 11) is 1.95. The Morgan fingerprint density at radius 2 is 2.11 bits per heavy atom. The van der Waals surface area contributed by atoms with E-state index in [4.69, 9.17) is 4.98 Å².